The van der Waals surface area contributed by atoms with Gasteiger partial charge in [0.2, 0.25) is 5.91 Å². The summed E-state index contributed by atoms with van der Waals surface area (Å²) in [5, 5.41) is 12.2. The number of hydrogen-bond acceptors (Lipinski definition) is 3. The third-order valence-electron chi connectivity index (χ3n) is 3.11. The fraction of sp³-hybridized carbons (Fsp3) is 0.375. The number of amides is 1. The van der Waals surface area contributed by atoms with E-state index in [1.54, 1.807) is 0 Å². The Morgan fingerprint density at radius 3 is 3.05 bits per heavy atom. The molecule has 1 heterocycles. The Morgan fingerprint density at radius 2 is 2.29 bits per heavy atom. The largest absolute Gasteiger partial charge is 0.493 e. The van der Waals surface area contributed by atoms with E-state index in [9.17, 15) is 4.79 Å². The first-order chi connectivity index (χ1) is 10.3. The summed E-state index contributed by atoms with van der Waals surface area (Å²) in [6.45, 7) is 3.38. The quantitative estimate of drug-likeness (QED) is 0.795. The molecule has 0 spiro atoms. The van der Waals surface area contributed by atoms with Crippen molar-refractivity contribution in [3.63, 3.8) is 0 Å². The summed E-state index contributed by atoms with van der Waals surface area (Å²) in [7, 11) is 0. The number of rotatable bonds is 7. The highest BCUT2D eigenvalue weighted by molar-refractivity contribution is 5.88. The Labute approximate surface area is 124 Å². The van der Waals surface area contributed by atoms with Crippen LogP contribution < -0.4 is 10.1 Å². The molecule has 0 bridgehead atoms. The third-order valence-corrected chi connectivity index (χ3v) is 3.11. The Balaban J connectivity index is 2.11. The van der Waals surface area contributed by atoms with E-state index in [1.807, 2.05) is 41.1 Å². The van der Waals surface area contributed by atoms with E-state index in [4.69, 9.17) is 10.00 Å². The molecule has 0 radical (unpaired) electrons. The van der Waals surface area contributed by atoms with Gasteiger partial charge in [0.1, 0.15) is 12.3 Å². The molecule has 0 aliphatic rings. The second-order valence-corrected chi connectivity index (χ2v) is 4.74. The van der Waals surface area contributed by atoms with Gasteiger partial charge in [-0.1, -0.05) is 13.0 Å². The molecule has 21 heavy (non-hydrogen) atoms. The van der Waals surface area contributed by atoms with Crippen LogP contribution in [0.5, 0.6) is 5.75 Å². The van der Waals surface area contributed by atoms with Crippen LogP contribution in [0.25, 0.3) is 10.9 Å². The van der Waals surface area contributed by atoms with Crippen molar-refractivity contribution in [3.05, 3.63) is 30.5 Å². The predicted molar refractivity (Wildman–Crippen MR) is 81.0 cm³/mol. The van der Waals surface area contributed by atoms with Crippen molar-refractivity contribution in [3.8, 4) is 11.8 Å². The number of nitrogens with one attached hydrogen (secondary N) is 1. The van der Waals surface area contributed by atoms with Crippen LogP contribution >= 0.6 is 0 Å². The molecule has 0 unspecified atom stereocenters. The first-order valence-corrected chi connectivity index (χ1v) is 7.10. The first-order valence-electron chi connectivity index (χ1n) is 7.10. The summed E-state index contributed by atoms with van der Waals surface area (Å²) in [6.07, 6.45) is 3.17. The summed E-state index contributed by atoms with van der Waals surface area (Å²) in [5.41, 5.74) is 0.971. The fourth-order valence-electron chi connectivity index (χ4n) is 2.14. The number of nitrogens with zero attached hydrogens (tertiary/aromatic N) is 2. The predicted octanol–water partition coefficient (Wildman–Crippen LogP) is 2.46. The lowest BCUT2D eigenvalue weighted by atomic mass is 10.2. The van der Waals surface area contributed by atoms with Crippen LogP contribution in [-0.2, 0) is 11.3 Å². The molecule has 5 heteroatoms. The lowest BCUT2D eigenvalue weighted by Gasteiger charge is -2.08. The summed E-state index contributed by atoms with van der Waals surface area (Å²) in [6, 6.07) is 9.80. The molecule has 0 fully saturated rings. The zero-order valence-corrected chi connectivity index (χ0v) is 12.1. The smallest absolute Gasteiger partial charge is 0.239 e. The Kier molecular flexibility index (Phi) is 5.22. The molecule has 0 saturated carbocycles. The molecule has 1 N–H and O–H groups in total. The van der Waals surface area contributed by atoms with Gasteiger partial charge >= 0.3 is 0 Å². The maximum absolute atomic E-state index is 11.8. The van der Waals surface area contributed by atoms with Crippen molar-refractivity contribution < 1.29 is 9.53 Å². The van der Waals surface area contributed by atoms with Gasteiger partial charge in [-0.2, -0.15) is 5.26 Å². The Bertz CT molecular complexity index is 655. The van der Waals surface area contributed by atoms with E-state index in [0.29, 0.717) is 19.6 Å². The summed E-state index contributed by atoms with van der Waals surface area (Å²) in [5.74, 6) is 0.751. The highest BCUT2D eigenvalue weighted by atomic mass is 16.5. The van der Waals surface area contributed by atoms with Crippen molar-refractivity contribution in [2.45, 2.75) is 26.3 Å². The molecule has 0 aliphatic carbocycles. The van der Waals surface area contributed by atoms with Gasteiger partial charge in [-0.15, -0.1) is 0 Å². The van der Waals surface area contributed by atoms with E-state index >= 15 is 0 Å². The molecule has 0 saturated heterocycles. The van der Waals surface area contributed by atoms with E-state index < -0.39 is 0 Å². The second-order valence-electron chi connectivity index (χ2n) is 4.74. The lowest BCUT2D eigenvalue weighted by Crippen LogP contribution is -2.27. The van der Waals surface area contributed by atoms with Crippen LogP contribution in [0.15, 0.2) is 30.5 Å². The van der Waals surface area contributed by atoms with Crippen LogP contribution in [0.3, 0.4) is 0 Å². The molecular weight excluding hydrogens is 266 g/mol. The molecule has 110 valence electrons. The zero-order valence-electron chi connectivity index (χ0n) is 12.1. The van der Waals surface area contributed by atoms with Crippen molar-refractivity contribution in [2.24, 2.45) is 0 Å². The van der Waals surface area contributed by atoms with Crippen LogP contribution in [0, 0.1) is 11.3 Å². The SMILES string of the molecule is CCCOc1cccc2c1ccn2CC(=O)NCCC#N. The molecule has 2 aromatic rings. The summed E-state index contributed by atoms with van der Waals surface area (Å²) < 4.78 is 7.60. The fourth-order valence-corrected chi connectivity index (χ4v) is 2.14. The van der Waals surface area contributed by atoms with Crippen molar-refractivity contribution in [2.75, 3.05) is 13.2 Å². The molecule has 5 nitrogen and oxygen atoms in total. The molecule has 2 rings (SSSR count). The van der Waals surface area contributed by atoms with Gasteiger partial charge in [0.05, 0.1) is 24.6 Å². The van der Waals surface area contributed by atoms with Gasteiger partial charge in [-0.3, -0.25) is 4.79 Å². The summed E-state index contributed by atoms with van der Waals surface area (Å²) in [4.78, 5) is 11.8. The van der Waals surface area contributed by atoms with Gasteiger partial charge in [0.15, 0.2) is 0 Å². The number of aromatic nitrogens is 1. The van der Waals surface area contributed by atoms with Gasteiger partial charge in [-0.05, 0) is 24.6 Å². The van der Waals surface area contributed by atoms with Crippen LogP contribution in [0.1, 0.15) is 19.8 Å². The monoisotopic (exact) mass is 285 g/mol. The van der Waals surface area contributed by atoms with Gasteiger partial charge in [0.25, 0.3) is 0 Å². The van der Waals surface area contributed by atoms with Crippen molar-refractivity contribution in [1.29, 1.82) is 5.26 Å². The van der Waals surface area contributed by atoms with Gasteiger partial charge in [0, 0.05) is 18.1 Å². The molecule has 1 aromatic heterocycles. The summed E-state index contributed by atoms with van der Waals surface area (Å²) >= 11 is 0. The highest BCUT2D eigenvalue weighted by Crippen LogP contribution is 2.26. The van der Waals surface area contributed by atoms with E-state index in [-0.39, 0.29) is 12.5 Å². The maximum Gasteiger partial charge on any atom is 0.239 e. The number of hydrogen-bond donors (Lipinski definition) is 1. The molecule has 0 atom stereocenters. The number of nitriles is 1. The van der Waals surface area contributed by atoms with E-state index in [0.717, 1.165) is 23.1 Å². The lowest BCUT2D eigenvalue weighted by molar-refractivity contribution is -0.121. The van der Waals surface area contributed by atoms with Crippen molar-refractivity contribution in [1.82, 2.24) is 9.88 Å². The number of fused-ring (bicyclic) bond motifs is 1. The third kappa shape index (κ3) is 3.76. The van der Waals surface area contributed by atoms with Crippen LogP contribution in [0.2, 0.25) is 0 Å². The highest BCUT2D eigenvalue weighted by Gasteiger charge is 2.09. The number of carbonyl (C=O) groups is 1. The van der Waals surface area contributed by atoms with Gasteiger partial charge < -0.3 is 14.6 Å². The van der Waals surface area contributed by atoms with Crippen LogP contribution in [0.4, 0.5) is 0 Å². The maximum atomic E-state index is 11.8. The average molecular weight is 285 g/mol. The minimum Gasteiger partial charge on any atom is -0.493 e. The molecular formula is C16H19N3O2. The average Bonchev–Trinajstić information content (AvgIpc) is 2.89. The minimum absolute atomic E-state index is 0.0948. The Hall–Kier alpha value is -2.48. The zero-order chi connectivity index (χ0) is 15.1. The minimum atomic E-state index is -0.0948. The van der Waals surface area contributed by atoms with E-state index in [2.05, 4.69) is 12.2 Å². The normalized spacial score (nSPS) is 10.3. The van der Waals surface area contributed by atoms with Crippen molar-refractivity contribution >= 4 is 16.8 Å². The standard InChI is InChI=1S/C16H19N3O2/c1-2-11-21-15-6-3-5-14-13(15)7-10-19(14)12-16(20)18-9-4-8-17/h3,5-7,10H,2,4,9,11-12H2,1H3,(H,18,20). The number of ether oxygens (including phenoxy) is 1. The van der Waals surface area contributed by atoms with E-state index in [1.165, 1.54) is 0 Å². The molecule has 1 aromatic carbocycles. The number of benzene rings is 1. The Morgan fingerprint density at radius 1 is 1.43 bits per heavy atom. The number of carbonyl (C=O) groups excluding carboxylic acids is 1. The topological polar surface area (TPSA) is 67.0 Å². The second kappa shape index (κ2) is 7.34. The first kappa shape index (κ1) is 14.9. The molecule has 1 amide bonds. The van der Waals surface area contributed by atoms with Crippen LogP contribution in [-0.4, -0.2) is 23.6 Å². The molecule has 0 aliphatic heterocycles. The van der Waals surface area contributed by atoms with Gasteiger partial charge in [-0.25, -0.2) is 0 Å².